The molecule has 2 atom stereocenters. The fraction of sp³-hybridized carbons (Fsp3) is 0.739. The Morgan fingerprint density at radius 1 is 0.960 bits per heavy atom. The van der Waals surface area contributed by atoms with Gasteiger partial charge < -0.3 is 4.90 Å². The lowest BCUT2D eigenvalue weighted by atomic mass is 9.65. The Balaban J connectivity index is 1.29. The van der Waals surface area contributed by atoms with Crippen LogP contribution in [-0.4, -0.2) is 48.1 Å². The van der Waals surface area contributed by atoms with Crippen LogP contribution in [0, 0.1) is 10.8 Å². The second-order valence-corrected chi connectivity index (χ2v) is 10.2. The number of nitrogens with zero attached hydrogens (tertiary/aromatic N) is 2. The summed E-state index contributed by atoms with van der Waals surface area (Å²) in [6.07, 6.45) is 8.23. The van der Waals surface area contributed by atoms with Crippen molar-refractivity contribution < 1.29 is 0 Å². The van der Waals surface area contributed by atoms with Gasteiger partial charge in [-0.15, -0.1) is 0 Å². The van der Waals surface area contributed by atoms with Gasteiger partial charge in [0.1, 0.15) is 0 Å². The molecule has 2 aliphatic heterocycles. The normalized spacial score (nSPS) is 33.6. The van der Waals surface area contributed by atoms with E-state index in [1.807, 2.05) is 0 Å². The van der Waals surface area contributed by atoms with Crippen LogP contribution in [0.3, 0.4) is 0 Å². The van der Waals surface area contributed by atoms with Crippen LogP contribution in [0.1, 0.15) is 58.4 Å². The van der Waals surface area contributed by atoms with E-state index in [9.17, 15) is 0 Å². The van der Waals surface area contributed by atoms with E-state index in [-0.39, 0.29) is 0 Å². The van der Waals surface area contributed by atoms with Gasteiger partial charge >= 0.3 is 0 Å². The summed E-state index contributed by atoms with van der Waals surface area (Å²) in [5.41, 5.74) is 2.60. The van der Waals surface area contributed by atoms with Crippen molar-refractivity contribution in [2.75, 3.05) is 26.2 Å². The first-order valence-electron chi connectivity index (χ1n) is 10.4. The maximum atomic E-state index is 2.93. The van der Waals surface area contributed by atoms with E-state index >= 15 is 0 Å². The number of likely N-dealkylation sites (tertiary alicyclic amines) is 2. The average Bonchev–Trinajstić information content (AvgIpc) is 2.83. The van der Waals surface area contributed by atoms with Crippen molar-refractivity contribution in [3.8, 4) is 0 Å². The van der Waals surface area contributed by atoms with Gasteiger partial charge in [-0.1, -0.05) is 51.1 Å². The molecule has 0 spiro atoms. The van der Waals surface area contributed by atoms with E-state index in [1.165, 1.54) is 70.3 Å². The minimum absolute atomic E-state index is 0.544. The van der Waals surface area contributed by atoms with Crippen molar-refractivity contribution in [2.24, 2.45) is 10.8 Å². The highest BCUT2D eigenvalue weighted by Gasteiger charge is 2.51. The van der Waals surface area contributed by atoms with E-state index in [0.29, 0.717) is 10.8 Å². The highest BCUT2D eigenvalue weighted by atomic mass is 15.3. The number of piperidine rings is 1. The molecule has 2 heteroatoms. The summed E-state index contributed by atoms with van der Waals surface area (Å²) in [6, 6.07) is 12.7. The molecule has 0 amide bonds. The zero-order chi connectivity index (χ0) is 17.5. The Labute approximate surface area is 154 Å². The number of rotatable bonds is 4. The smallest absolute Gasteiger partial charge is 0.0123 e. The molecule has 138 valence electrons. The molecule has 2 heterocycles. The van der Waals surface area contributed by atoms with Crippen LogP contribution < -0.4 is 0 Å². The minimum atomic E-state index is 0.544. The molecular formula is C23H36N2. The highest BCUT2D eigenvalue weighted by Crippen LogP contribution is 2.53. The molecule has 0 radical (unpaired) electrons. The largest absolute Gasteiger partial charge is 0.303 e. The molecule has 1 aromatic rings. The summed E-state index contributed by atoms with van der Waals surface area (Å²) in [5.74, 6) is 0. The molecule has 3 fully saturated rings. The van der Waals surface area contributed by atoms with Crippen molar-refractivity contribution in [1.29, 1.82) is 0 Å². The Morgan fingerprint density at radius 2 is 1.68 bits per heavy atom. The van der Waals surface area contributed by atoms with E-state index in [4.69, 9.17) is 0 Å². The second kappa shape index (κ2) is 6.70. The van der Waals surface area contributed by atoms with Gasteiger partial charge in [0.05, 0.1) is 0 Å². The van der Waals surface area contributed by atoms with Crippen molar-refractivity contribution >= 4 is 0 Å². The van der Waals surface area contributed by atoms with Gasteiger partial charge in [-0.2, -0.15) is 0 Å². The van der Waals surface area contributed by atoms with Crippen LogP contribution in [-0.2, 0) is 6.42 Å². The van der Waals surface area contributed by atoms with E-state index in [1.54, 1.807) is 0 Å². The number of fused-ring (bicyclic) bond motifs is 2. The van der Waals surface area contributed by atoms with Gasteiger partial charge in [0.25, 0.3) is 0 Å². The standard InChI is InChI=1S/C23H36N2/c1-22(2)15-21-16-23(3,17-22)18-25(21)20-10-13-24(14-11-20)12-9-19-7-5-4-6-8-19/h4-8,20-21H,9-18H2,1-3H3/t21-,23-/m0/s1. The summed E-state index contributed by atoms with van der Waals surface area (Å²) in [4.78, 5) is 5.63. The van der Waals surface area contributed by atoms with Gasteiger partial charge in [-0.05, 0) is 68.0 Å². The molecule has 4 rings (SSSR count). The van der Waals surface area contributed by atoms with Gasteiger partial charge in [0.15, 0.2) is 0 Å². The lowest BCUT2D eigenvalue weighted by molar-refractivity contribution is 0.0834. The highest BCUT2D eigenvalue weighted by molar-refractivity contribution is 5.15. The topological polar surface area (TPSA) is 6.48 Å². The average molecular weight is 341 g/mol. The first-order valence-corrected chi connectivity index (χ1v) is 10.4. The summed E-state index contributed by atoms with van der Waals surface area (Å²) < 4.78 is 0. The fourth-order valence-corrected chi connectivity index (χ4v) is 6.34. The zero-order valence-corrected chi connectivity index (χ0v) is 16.5. The number of hydrogen-bond donors (Lipinski definition) is 0. The van der Waals surface area contributed by atoms with Gasteiger partial charge in [-0.3, -0.25) is 4.90 Å². The molecule has 0 unspecified atom stereocenters. The van der Waals surface area contributed by atoms with E-state index in [2.05, 4.69) is 60.9 Å². The van der Waals surface area contributed by atoms with Crippen molar-refractivity contribution in [3.63, 3.8) is 0 Å². The second-order valence-electron chi connectivity index (χ2n) is 10.2. The maximum absolute atomic E-state index is 2.93. The zero-order valence-electron chi connectivity index (χ0n) is 16.5. The Bertz CT molecular complexity index is 573. The summed E-state index contributed by atoms with van der Waals surface area (Å²) >= 11 is 0. The lowest BCUT2D eigenvalue weighted by Crippen LogP contribution is -2.47. The van der Waals surface area contributed by atoms with Crippen molar-refractivity contribution in [1.82, 2.24) is 9.80 Å². The first kappa shape index (κ1) is 17.5. The quantitative estimate of drug-likeness (QED) is 0.791. The molecule has 3 aliphatic rings. The first-order chi connectivity index (χ1) is 11.9. The molecule has 1 aliphatic carbocycles. The molecule has 2 bridgehead atoms. The molecule has 25 heavy (non-hydrogen) atoms. The van der Waals surface area contributed by atoms with E-state index in [0.717, 1.165) is 12.1 Å². The molecule has 0 N–H and O–H groups in total. The monoisotopic (exact) mass is 340 g/mol. The van der Waals surface area contributed by atoms with E-state index < -0.39 is 0 Å². The van der Waals surface area contributed by atoms with Crippen molar-refractivity contribution in [3.05, 3.63) is 35.9 Å². The third-order valence-electron chi connectivity index (χ3n) is 7.04. The molecule has 1 aromatic carbocycles. The lowest BCUT2D eigenvalue weighted by Gasteiger charge is -2.42. The van der Waals surface area contributed by atoms with Crippen LogP contribution in [0.5, 0.6) is 0 Å². The van der Waals surface area contributed by atoms with Crippen LogP contribution in [0.15, 0.2) is 30.3 Å². The molecular weight excluding hydrogens is 304 g/mol. The summed E-state index contributed by atoms with van der Waals surface area (Å²) in [6.45, 7) is 12.7. The van der Waals surface area contributed by atoms with Crippen LogP contribution in [0.25, 0.3) is 0 Å². The summed E-state index contributed by atoms with van der Waals surface area (Å²) in [5, 5.41) is 0. The van der Waals surface area contributed by atoms with Crippen LogP contribution in [0.4, 0.5) is 0 Å². The third-order valence-corrected chi connectivity index (χ3v) is 7.04. The minimum Gasteiger partial charge on any atom is -0.303 e. The Kier molecular flexibility index (Phi) is 4.70. The van der Waals surface area contributed by atoms with Gasteiger partial charge in [0, 0.05) is 25.2 Å². The SMILES string of the molecule is CC1(C)C[C@H]2C[C@](C)(CN2C2CCN(CCc3ccccc3)CC2)C1. The molecule has 2 nitrogen and oxygen atoms in total. The third kappa shape index (κ3) is 3.95. The number of benzene rings is 1. The predicted molar refractivity (Wildman–Crippen MR) is 106 cm³/mol. The Morgan fingerprint density at radius 3 is 2.40 bits per heavy atom. The van der Waals surface area contributed by atoms with Gasteiger partial charge in [0.2, 0.25) is 0 Å². The fourth-order valence-electron chi connectivity index (χ4n) is 6.34. The maximum Gasteiger partial charge on any atom is 0.0123 e. The summed E-state index contributed by atoms with van der Waals surface area (Å²) in [7, 11) is 0. The Hall–Kier alpha value is -0.860. The van der Waals surface area contributed by atoms with Crippen molar-refractivity contribution in [2.45, 2.75) is 71.4 Å². The van der Waals surface area contributed by atoms with Gasteiger partial charge in [-0.25, -0.2) is 0 Å². The van der Waals surface area contributed by atoms with Crippen LogP contribution >= 0.6 is 0 Å². The number of hydrogen-bond acceptors (Lipinski definition) is 2. The molecule has 0 aromatic heterocycles. The molecule has 1 saturated carbocycles. The molecule has 2 saturated heterocycles. The predicted octanol–water partition coefficient (Wildman–Crippen LogP) is 4.59. The van der Waals surface area contributed by atoms with Crippen LogP contribution in [0.2, 0.25) is 0 Å².